The van der Waals surface area contributed by atoms with Crippen LogP contribution in [0.2, 0.25) is 5.02 Å². The Bertz CT molecular complexity index is 619. The molecule has 1 N–H and O–H groups in total. The van der Waals surface area contributed by atoms with Gasteiger partial charge in [-0.1, -0.05) is 23.8 Å². The minimum atomic E-state index is 0.582. The maximum atomic E-state index is 6.10. The van der Waals surface area contributed by atoms with Crippen molar-refractivity contribution < 1.29 is 0 Å². The van der Waals surface area contributed by atoms with Gasteiger partial charge in [0.2, 0.25) is 0 Å². The second-order valence-electron chi connectivity index (χ2n) is 4.13. The fourth-order valence-corrected chi connectivity index (χ4v) is 2.19. The zero-order chi connectivity index (χ0) is 11.8. The predicted molar refractivity (Wildman–Crippen MR) is 69.6 cm³/mol. The fraction of sp³-hybridized carbons (Fsp3) is 0.250. The molecular formula is C12H10ClN3S. The number of halogens is 1. The van der Waals surface area contributed by atoms with E-state index in [-0.39, 0.29) is 0 Å². The lowest BCUT2D eigenvalue weighted by atomic mass is 10.2. The molecule has 86 valence electrons. The Morgan fingerprint density at radius 1 is 1.41 bits per heavy atom. The highest BCUT2D eigenvalue weighted by molar-refractivity contribution is 7.71. The van der Waals surface area contributed by atoms with Crippen LogP contribution in [-0.4, -0.2) is 15.0 Å². The first-order chi connectivity index (χ1) is 8.24. The van der Waals surface area contributed by atoms with E-state index < -0.39 is 0 Å². The molecule has 0 bridgehead atoms. The van der Waals surface area contributed by atoms with Gasteiger partial charge < -0.3 is 4.98 Å². The molecule has 5 heteroatoms. The number of H-pyrrole nitrogens is 1. The summed E-state index contributed by atoms with van der Waals surface area (Å²) in [6, 6.07) is 5.52. The zero-order valence-electron chi connectivity index (χ0n) is 8.98. The predicted octanol–water partition coefficient (Wildman–Crippen LogP) is 3.73. The van der Waals surface area contributed by atoms with Gasteiger partial charge in [0, 0.05) is 11.9 Å². The van der Waals surface area contributed by atoms with Crippen molar-refractivity contribution in [3.63, 3.8) is 0 Å². The lowest BCUT2D eigenvalue weighted by Crippen LogP contribution is -1.96. The quantitative estimate of drug-likeness (QED) is 0.840. The van der Waals surface area contributed by atoms with Gasteiger partial charge in [-0.05, 0) is 37.0 Å². The summed E-state index contributed by atoms with van der Waals surface area (Å²) < 4.78 is 0.586. The van der Waals surface area contributed by atoms with E-state index >= 15 is 0 Å². The van der Waals surface area contributed by atoms with Gasteiger partial charge in [0.15, 0.2) is 5.82 Å². The maximum Gasteiger partial charge on any atom is 0.159 e. The smallest absolute Gasteiger partial charge is 0.159 e. The van der Waals surface area contributed by atoms with Crippen LogP contribution in [0, 0.1) is 4.64 Å². The van der Waals surface area contributed by atoms with E-state index in [2.05, 4.69) is 15.0 Å². The van der Waals surface area contributed by atoms with Crippen molar-refractivity contribution in [2.45, 2.75) is 18.8 Å². The number of nitrogens with zero attached hydrogens (tertiary/aromatic N) is 2. The summed E-state index contributed by atoms with van der Waals surface area (Å²) >= 11 is 11.3. The van der Waals surface area contributed by atoms with E-state index in [4.69, 9.17) is 23.8 Å². The van der Waals surface area contributed by atoms with Crippen molar-refractivity contribution in [1.29, 1.82) is 0 Å². The molecule has 0 aliphatic heterocycles. The van der Waals surface area contributed by atoms with Gasteiger partial charge in [0.1, 0.15) is 10.3 Å². The van der Waals surface area contributed by atoms with Crippen molar-refractivity contribution >= 4 is 23.8 Å². The molecule has 1 aliphatic rings. The maximum absolute atomic E-state index is 6.10. The summed E-state index contributed by atoms with van der Waals surface area (Å²) in [6.45, 7) is 0. The highest BCUT2D eigenvalue weighted by atomic mass is 35.5. The van der Waals surface area contributed by atoms with Crippen LogP contribution in [0.4, 0.5) is 0 Å². The monoisotopic (exact) mass is 263 g/mol. The molecule has 0 atom stereocenters. The first kappa shape index (κ1) is 10.9. The van der Waals surface area contributed by atoms with Crippen molar-refractivity contribution in [3.05, 3.63) is 39.8 Å². The number of aromatic nitrogens is 3. The summed E-state index contributed by atoms with van der Waals surface area (Å²) in [6.07, 6.45) is 4.12. The van der Waals surface area contributed by atoms with E-state index in [1.165, 1.54) is 12.8 Å². The molecule has 17 heavy (non-hydrogen) atoms. The second kappa shape index (κ2) is 4.20. The minimum Gasteiger partial charge on any atom is -0.342 e. The van der Waals surface area contributed by atoms with Crippen molar-refractivity contribution in [2.75, 3.05) is 0 Å². The molecule has 0 spiro atoms. The van der Waals surface area contributed by atoms with Crippen LogP contribution in [0.25, 0.3) is 11.5 Å². The van der Waals surface area contributed by atoms with Gasteiger partial charge in [-0.3, -0.25) is 4.98 Å². The Labute approximate surface area is 109 Å². The van der Waals surface area contributed by atoms with Gasteiger partial charge in [0.25, 0.3) is 0 Å². The van der Waals surface area contributed by atoms with Gasteiger partial charge in [0.05, 0.1) is 5.02 Å². The van der Waals surface area contributed by atoms with Crippen LogP contribution in [0.5, 0.6) is 0 Å². The molecule has 3 nitrogen and oxygen atoms in total. The number of rotatable bonds is 2. The lowest BCUT2D eigenvalue weighted by molar-refractivity contribution is 0.981. The van der Waals surface area contributed by atoms with Crippen molar-refractivity contribution in [1.82, 2.24) is 15.0 Å². The van der Waals surface area contributed by atoms with Crippen LogP contribution in [0.1, 0.15) is 24.5 Å². The first-order valence-corrected chi connectivity index (χ1v) is 6.25. The fourth-order valence-electron chi connectivity index (χ4n) is 1.76. The minimum absolute atomic E-state index is 0.582. The number of pyridine rings is 1. The molecule has 0 amide bonds. The number of hydrogen-bond donors (Lipinski definition) is 1. The molecule has 1 aliphatic carbocycles. The molecule has 0 aromatic carbocycles. The summed E-state index contributed by atoms with van der Waals surface area (Å²) in [5, 5.41) is 0.582. The molecule has 0 saturated heterocycles. The summed E-state index contributed by atoms with van der Waals surface area (Å²) in [5.74, 6) is 1.26. The van der Waals surface area contributed by atoms with Crippen LogP contribution < -0.4 is 0 Å². The van der Waals surface area contributed by atoms with Crippen LogP contribution in [0.3, 0.4) is 0 Å². The summed E-state index contributed by atoms with van der Waals surface area (Å²) in [7, 11) is 0. The summed E-state index contributed by atoms with van der Waals surface area (Å²) in [4.78, 5) is 11.8. The Morgan fingerprint density at radius 3 is 2.94 bits per heavy atom. The Morgan fingerprint density at radius 2 is 2.24 bits per heavy atom. The van der Waals surface area contributed by atoms with Crippen LogP contribution in [0.15, 0.2) is 24.4 Å². The van der Waals surface area contributed by atoms with Crippen LogP contribution in [-0.2, 0) is 0 Å². The molecule has 2 aromatic heterocycles. The molecule has 3 rings (SSSR count). The standard InChI is InChI=1S/C12H10ClN3S/c13-8-2-1-5-14-11(8)12-15-9(7-3-4-7)6-10(17)16-12/h1-2,5-7H,3-4H2,(H,15,16,17). The van der Waals surface area contributed by atoms with Crippen LogP contribution >= 0.6 is 23.8 Å². The van der Waals surface area contributed by atoms with Gasteiger partial charge in [-0.25, -0.2) is 4.98 Å². The average molecular weight is 264 g/mol. The molecule has 1 saturated carbocycles. The van der Waals surface area contributed by atoms with Gasteiger partial charge >= 0.3 is 0 Å². The normalized spacial score (nSPS) is 14.9. The van der Waals surface area contributed by atoms with Gasteiger partial charge in [-0.15, -0.1) is 0 Å². The Hall–Kier alpha value is -1.26. The third-order valence-corrected chi connectivity index (χ3v) is 3.28. The van der Waals surface area contributed by atoms with E-state index in [1.54, 1.807) is 18.3 Å². The molecule has 1 fully saturated rings. The highest BCUT2D eigenvalue weighted by Crippen LogP contribution is 2.39. The lowest BCUT2D eigenvalue weighted by Gasteiger charge is -2.05. The highest BCUT2D eigenvalue weighted by Gasteiger charge is 2.25. The Balaban J connectivity index is 2.14. The summed E-state index contributed by atoms with van der Waals surface area (Å²) in [5.41, 5.74) is 1.80. The number of nitrogens with one attached hydrogen (secondary N) is 1. The number of aromatic amines is 1. The second-order valence-corrected chi connectivity index (χ2v) is 4.96. The third kappa shape index (κ3) is 2.23. The largest absolute Gasteiger partial charge is 0.342 e. The molecule has 2 aromatic rings. The number of hydrogen-bond acceptors (Lipinski definition) is 3. The molecular weight excluding hydrogens is 254 g/mol. The van der Waals surface area contributed by atoms with E-state index in [0.717, 1.165) is 5.69 Å². The molecule has 0 unspecified atom stereocenters. The van der Waals surface area contributed by atoms with Gasteiger partial charge in [-0.2, -0.15) is 0 Å². The van der Waals surface area contributed by atoms with Crippen molar-refractivity contribution in [3.8, 4) is 11.5 Å². The SMILES string of the molecule is S=c1cc(C2CC2)[nH]c(-c2ncccc2Cl)n1. The van der Waals surface area contributed by atoms with E-state index in [9.17, 15) is 0 Å². The molecule has 0 radical (unpaired) electrons. The average Bonchev–Trinajstić information content (AvgIpc) is 3.12. The first-order valence-electron chi connectivity index (χ1n) is 5.46. The Kier molecular flexibility index (Phi) is 2.68. The molecule has 2 heterocycles. The zero-order valence-corrected chi connectivity index (χ0v) is 10.6. The third-order valence-electron chi connectivity index (χ3n) is 2.76. The van der Waals surface area contributed by atoms with Crippen molar-refractivity contribution in [2.24, 2.45) is 0 Å². The van der Waals surface area contributed by atoms with E-state index in [0.29, 0.717) is 27.1 Å². The van der Waals surface area contributed by atoms with E-state index in [1.807, 2.05) is 6.07 Å². The topological polar surface area (TPSA) is 41.6 Å².